The first-order valence-electron chi connectivity index (χ1n) is 7.48. The van der Waals surface area contributed by atoms with Gasteiger partial charge < -0.3 is 10.1 Å². The summed E-state index contributed by atoms with van der Waals surface area (Å²) in [5.41, 5.74) is 0.577. The van der Waals surface area contributed by atoms with E-state index in [9.17, 15) is 9.59 Å². The molecule has 25 heavy (non-hydrogen) atoms. The van der Waals surface area contributed by atoms with E-state index >= 15 is 0 Å². The number of carbonyl (C=O) groups excluding carboxylic acids is 1. The Morgan fingerprint density at radius 3 is 2.88 bits per heavy atom. The van der Waals surface area contributed by atoms with Crippen molar-refractivity contribution in [3.63, 3.8) is 0 Å². The molecular formula is C16H16N4O3S2. The number of fused-ring (bicyclic) bond motifs is 1. The average molecular weight is 376 g/mol. The highest BCUT2D eigenvalue weighted by Gasteiger charge is 2.29. The van der Waals surface area contributed by atoms with E-state index in [4.69, 9.17) is 17.0 Å². The molecule has 1 aliphatic rings. The van der Waals surface area contributed by atoms with Gasteiger partial charge in [-0.2, -0.15) is 0 Å². The van der Waals surface area contributed by atoms with E-state index in [0.29, 0.717) is 39.4 Å². The lowest BCUT2D eigenvalue weighted by Gasteiger charge is -2.10. The van der Waals surface area contributed by atoms with Gasteiger partial charge in [-0.15, -0.1) is 0 Å². The van der Waals surface area contributed by atoms with Gasteiger partial charge in [0.1, 0.15) is 15.8 Å². The van der Waals surface area contributed by atoms with E-state index in [-0.39, 0.29) is 11.5 Å². The van der Waals surface area contributed by atoms with E-state index < -0.39 is 0 Å². The van der Waals surface area contributed by atoms with Crippen LogP contribution in [0.4, 0.5) is 5.82 Å². The highest BCUT2D eigenvalue weighted by molar-refractivity contribution is 8.26. The van der Waals surface area contributed by atoms with E-state index in [1.54, 1.807) is 38.6 Å². The van der Waals surface area contributed by atoms with Crippen molar-refractivity contribution in [2.45, 2.75) is 0 Å². The second-order valence-electron chi connectivity index (χ2n) is 5.27. The van der Waals surface area contributed by atoms with Crippen LogP contribution >= 0.6 is 24.0 Å². The minimum atomic E-state index is -0.258. The van der Waals surface area contributed by atoms with Crippen LogP contribution in [0.25, 0.3) is 11.7 Å². The number of carbonyl (C=O) groups is 1. The minimum Gasteiger partial charge on any atom is -0.383 e. The summed E-state index contributed by atoms with van der Waals surface area (Å²) in [6, 6.07) is 5.31. The Morgan fingerprint density at radius 2 is 2.20 bits per heavy atom. The molecule has 1 N–H and O–H groups in total. The molecule has 0 bridgehead atoms. The molecule has 0 saturated carbocycles. The molecule has 1 saturated heterocycles. The summed E-state index contributed by atoms with van der Waals surface area (Å²) in [7, 11) is 3.21. The Labute approximate surface area is 153 Å². The SMILES string of the molecule is COCCNc1nc2ccccn2c(=O)c1/C=C1/SC(=S)N(C)C1=O. The number of nitrogens with zero attached hydrogens (tertiary/aromatic N) is 3. The van der Waals surface area contributed by atoms with Gasteiger partial charge in [0.25, 0.3) is 11.5 Å². The molecule has 0 atom stereocenters. The molecule has 1 fully saturated rings. The zero-order chi connectivity index (χ0) is 18.0. The summed E-state index contributed by atoms with van der Waals surface area (Å²) < 4.78 is 6.93. The van der Waals surface area contributed by atoms with Crippen LogP contribution in [0.1, 0.15) is 5.56 Å². The summed E-state index contributed by atoms with van der Waals surface area (Å²) in [5, 5.41) is 3.10. The van der Waals surface area contributed by atoms with Crippen LogP contribution in [-0.4, -0.2) is 51.8 Å². The second-order valence-corrected chi connectivity index (χ2v) is 6.94. The molecule has 130 valence electrons. The predicted octanol–water partition coefficient (Wildman–Crippen LogP) is 1.58. The minimum absolute atomic E-state index is 0.226. The van der Waals surface area contributed by atoms with Gasteiger partial charge in [-0.05, 0) is 18.2 Å². The zero-order valence-electron chi connectivity index (χ0n) is 13.7. The number of anilines is 1. The quantitative estimate of drug-likeness (QED) is 0.482. The molecule has 1 aliphatic heterocycles. The van der Waals surface area contributed by atoms with Crippen molar-refractivity contribution in [1.82, 2.24) is 14.3 Å². The number of hydrogen-bond acceptors (Lipinski definition) is 7. The number of likely N-dealkylation sites (N-methyl/N-ethyl adjacent to an activating group) is 1. The first-order valence-corrected chi connectivity index (χ1v) is 8.71. The van der Waals surface area contributed by atoms with E-state index in [2.05, 4.69) is 10.3 Å². The van der Waals surface area contributed by atoms with E-state index in [0.717, 1.165) is 0 Å². The Balaban J connectivity index is 2.13. The van der Waals surface area contributed by atoms with Crippen LogP contribution in [0.15, 0.2) is 34.1 Å². The Kier molecular flexibility index (Phi) is 5.16. The van der Waals surface area contributed by atoms with Gasteiger partial charge in [0.05, 0.1) is 17.1 Å². The average Bonchev–Trinajstić information content (AvgIpc) is 2.85. The van der Waals surface area contributed by atoms with Gasteiger partial charge >= 0.3 is 0 Å². The number of thiocarbonyl (C=S) groups is 1. The number of ether oxygens (including phenoxy) is 1. The van der Waals surface area contributed by atoms with Crippen LogP contribution in [0.2, 0.25) is 0 Å². The molecule has 2 aromatic rings. The highest BCUT2D eigenvalue weighted by atomic mass is 32.2. The van der Waals surface area contributed by atoms with Crippen LogP contribution in [-0.2, 0) is 9.53 Å². The van der Waals surface area contributed by atoms with Crippen LogP contribution in [0.3, 0.4) is 0 Å². The normalized spacial score (nSPS) is 16.2. The molecule has 1 amide bonds. The van der Waals surface area contributed by atoms with Crippen molar-refractivity contribution < 1.29 is 9.53 Å². The Morgan fingerprint density at radius 1 is 1.40 bits per heavy atom. The predicted molar refractivity (Wildman–Crippen MR) is 103 cm³/mol. The molecule has 7 nitrogen and oxygen atoms in total. The van der Waals surface area contributed by atoms with Crippen molar-refractivity contribution in [1.29, 1.82) is 0 Å². The van der Waals surface area contributed by atoms with Gasteiger partial charge in [0.15, 0.2) is 0 Å². The summed E-state index contributed by atoms with van der Waals surface area (Å²) in [5.74, 6) is 0.185. The maximum atomic E-state index is 12.9. The lowest BCUT2D eigenvalue weighted by atomic mass is 10.2. The van der Waals surface area contributed by atoms with Crippen molar-refractivity contribution in [2.24, 2.45) is 0 Å². The molecule has 3 rings (SSSR count). The Bertz CT molecular complexity index is 939. The third-order valence-corrected chi connectivity index (χ3v) is 5.11. The van der Waals surface area contributed by atoms with Gasteiger partial charge in [0.2, 0.25) is 0 Å². The molecule has 0 unspecified atom stereocenters. The fraction of sp³-hybridized carbons (Fsp3) is 0.250. The second kappa shape index (κ2) is 7.34. The number of nitrogens with one attached hydrogen (secondary N) is 1. The first-order chi connectivity index (χ1) is 12.0. The Hall–Kier alpha value is -2.23. The molecule has 0 spiro atoms. The molecule has 0 aromatic carbocycles. The number of rotatable bonds is 5. The number of pyridine rings is 1. The molecule has 3 heterocycles. The molecule has 0 radical (unpaired) electrons. The topological polar surface area (TPSA) is 75.9 Å². The van der Waals surface area contributed by atoms with Crippen molar-refractivity contribution in [3.8, 4) is 0 Å². The number of thioether (sulfide) groups is 1. The highest BCUT2D eigenvalue weighted by Crippen LogP contribution is 2.31. The first kappa shape index (κ1) is 17.6. The van der Waals surface area contributed by atoms with Gasteiger partial charge in [-0.1, -0.05) is 30.0 Å². The number of aromatic nitrogens is 2. The molecule has 0 aliphatic carbocycles. The number of amides is 1. The van der Waals surface area contributed by atoms with Crippen molar-refractivity contribution >= 4 is 51.7 Å². The van der Waals surface area contributed by atoms with E-state index in [1.165, 1.54) is 21.1 Å². The van der Waals surface area contributed by atoms with Gasteiger partial charge in [0, 0.05) is 26.9 Å². The maximum Gasteiger partial charge on any atom is 0.267 e. The standard InChI is InChI=1S/C16H16N4O3S2/c1-19-15(22)11(25-16(19)24)9-10-13(17-6-8-23-2)18-12-5-3-4-7-20(12)14(10)21/h3-5,7,9,17H,6,8H2,1-2H3/b11-9+. The van der Waals surface area contributed by atoms with Crippen LogP contribution < -0.4 is 10.9 Å². The van der Waals surface area contributed by atoms with Crippen LogP contribution in [0, 0.1) is 0 Å². The van der Waals surface area contributed by atoms with Gasteiger partial charge in [-0.3, -0.25) is 18.9 Å². The lowest BCUT2D eigenvalue weighted by molar-refractivity contribution is -0.121. The third kappa shape index (κ3) is 3.44. The molecule has 9 heteroatoms. The zero-order valence-corrected chi connectivity index (χ0v) is 15.3. The summed E-state index contributed by atoms with van der Waals surface area (Å²) in [4.78, 5) is 31.4. The fourth-order valence-electron chi connectivity index (χ4n) is 2.32. The van der Waals surface area contributed by atoms with Gasteiger partial charge in [-0.25, -0.2) is 4.98 Å². The number of hydrogen-bond donors (Lipinski definition) is 1. The summed E-state index contributed by atoms with van der Waals surface area (Å²) in [6.45, 7) is 0.952. The molecular weight excluding hydrogens is 360 g/mol. The fourth-order valence-corrected chi connectivity index (χ4v) is 3.48. The van der Waals surface area contributed by atoms with Crippen molar-refractivity contribution in [3.05, 3.63) is 45.2 Å². The summed E-state index contributed by atoms with van der Waals surface area (Å²) in [6.07, 6.45) is 3.19. The maximum absolute atomic E-state index is 12.9. The van der Waals surface area contributed by atoms with E-state index in [1.807, 2.05) is 6.07 Å². The lowest BCUT2D eigenvalue weighted by Crippen LogP contribution is -2.23. The third-order valence-electron chi connectivity index (χ3n) is 3.63. The largest absolute Gasteiger partial charge is 0.383 e. The number of methoxy groups -OCH3 is 1. The van der Waals surface area contributed by atoms with Crippen LogP contribution in [0.5, 0.6) is 0 Å². The molecule has 2 aromatic heterocycles. The van der Waals surface area contributed by atoms with Crippen molar-refractivity contribution in [2.75, 3.05) is 32.6 Å². The summed E-state index contributed by atoms with van der Waals surface area (Å²) >= 11 is 6.30. The monoisotopic (exact) mass is 376 g/mol. The smallest absolute Gasteiger partial charge is 0.267 e.